The normalized spacial score (nSPS) is 10.4. The number of hydrogen-bond acceptors (Lipinski definition) is 2. The molecule has 1 aromatic carbocycles. The fraction of sp³-hybridized carbons (Fsp3) is 0.250. The fourth-order valence-electron chi connectivity index (χ4n) is 2.24. The maximum absolute atomic E-state index is 12.7. The van der Waals surface area contributed by atoms with Gasteiger partial charge in [-0.3, -0.25) is 4.79 Å². The Hall–Kier alpha value is -1.57. The molecule has 1 aromatic heterocycles. The third-order valence-electron chi connectivity index (χ3n) is 3.17. The predicted molar refractivity (Wildman–Crippen MR) is 86.6 cm³/mol. The summed E-state index contributed by atoms with van der Waals surface area (Å²) >= 11 is 9.59. The lowest BCUT2D eigenvalue weighted by Gasteiger charge is -2.11. The Balaban J connectivity index is 2.49. The zero-order valence-corrected chi connectivity index (χ0v) is 13.9. The van der Waals surface area contributed by atoms with E-state index in [-0.39, 0.29) is 12.2 Å². The molecular weight excluding hydrogens is 352 g/mol. The first kappa shape index (κ1) is 15.8. The Labute approximate surface area is 137 Å². The summed E-state index contributed by atoms with van der Waals surface area (Å²) in [4.78, 5) is 12.7. The number of aromatic nitrogens is 1. The molecule has 0 spiro atoms. The van der Waals surface area contributed by atoms with E-state index in [1.165, 1.54) is 0 Å². The average molecular weight is 366 g/mol. The SMILES string of the molecule is CCCn1c(CC#N)cc(Cl)c1C(=O)c1ccc(Br)cc1. The van der Waals surface area contributed by atoms with Crippen LogP contribution in [0.3, 0.4) is 0 Å². The van der Waals surface area contributed by atoms with Gasteiger partial charge in [0.05, 0.1) is 17.5 Å². The molecule has 2 rings (SSSR count). The largest absolute Gasteiger partial charge is 0.340 e. The zero-order valence-electron chi connectivity index (χ0n) is 11.6. The molecule has 0 unspecified atom stereocenters. The quantitative estimate of drug-likeness (QED) is 0.726. The summed E-state index contributed by atoms with van der Waals surface area (Å²) in [5.74, 6) is -0.120. The van der Waals surface area contributed by atoms with E-state index in [0.29, 0.717) is 22.8 Å². The van der Waals surface area contributed by atoms with Crippen LogP contribution in [0.2, 0.25) is 5.02 Å². The van der Waals surface area contributed by atoms with E-state index in [2.05, 4.69) is 22.0 Å². The first-order valence-corrected chi connectivity index (χ1v) is 7.80. The van der Waals surface area contributed by atoms with E-state index in [1.54, 1.807) is 18.2 Å². The summed E-state index contributed by atoms with van der Waals surface area (Å²) < 4.78 is 2.77. The van der Waals surface area contributed by atoms with Crippen molar-refractivity contribution < 1.29 is 4.79 Å². The van der Waals surface area contributed by atoms with Crippen LogP contribution in [-0.4, -0.2) is 10.4 Å². The van der Waals surface area contributed by atoms with Crippen molar-refractivity contribution in [3.8, 4) is 6.07 Å². The van der Waals surface area contributed by atoms with Gasteiger partial charge in [-0.1, -0.05) is 34.5 Å². The Morgan fingerprint density at radius 2 is 2.05 bits per heavy atom. The minimum Gasteiger partial charge on any atom is -0.340 e. The number of rotatable bonds is 5. The van der Waals surface area contributed by atoms with Gasteiger partial charge in [0.2, 0.25) is 5.78 Å². The predicted octanol–water partition coefficient (Wildman–Crippen LogP) is 4.61. The fourth-order valence-corrected chi connectivity index (χ4v) is 2.82. The van der Waals surface area contributed by atoms with Crippen LogP contribution in [0.5, 0.6) is 0 Å². The lowest BCUT2D eigenvalue weighted by atomic mass is 10.1. The summed E-state index contributed by atoms with van der Waals surface area (Å²) in [6.45, 7) is 2.69. The van der Waals surface area contributed by atoms with E-state index in [4.69, 9.17) is 16.9 Å². The second-order valence-electron chi connectivity index (χ2n) is 4.65. The van der Waals surface area contributed by atoms with Crippen LogP contribution in [-0.2, 0) is 13.0 Å². The van der Waals surface area contributed by atoms with Crippen LogP contribution in [0.25, 0.3) is 0 Å². The molecule has 0 amide bonds. The van der Waals surface area contributed by atoms with Gasteiger partial charge in [0.15, 0.2) is 0 Å². The summed E-state index contributed by atoms with van der Waals surface area (Å²) in [6, 6.07) is 11.0. The molecule has 0 radical (unpaired) electrons. The van der Waals surface area contributed by atoms with E-state index in [0.717, 1.165) is 16.6 Å². The highest BCUT2D eigenvalue weighted by Gasteiger charge is 2.21. The molecule has 1 heterocycles. The Morgan fingerprint density at radius 3 is 2.62 bits per heavy atom. The van der Waals surface area contributed by atoms with E-state index in [1.807, 2.05) is 23.6 Å². The Kier molecular flexibility index (Phi) is 5.22. The Bertz CT molecular complexity index is 698. The van der Waals surface area contributed by atoms with Crippen LogP contribution >= 0.6 is 27.5 Å². The molecule has 3 nitrogen and oxygen atoms in total. The van der Waals surface area contributed by atoms with Crippen LogP contribution in [0, 0.1) is 11.3 Å². The summed E-state index contributed by atoms with van der Waals surface area (Å²) in [6.07, 6.45) is 1.11. The highest BCUT2D eigenvalue weighted by Crippen LogP contribution is 2.26. The Morgan fingerprint density at radius 1 is 1.38 bits per heavy atom. The first-order valence-electron chi connectivity index (χ1n) is 6.63. The second kappa shape index (κ2) is 6.93. The lowest BCUT2D eigenvalue weighted by Crippen LogP contribution is -2.13. The number of ketones is 1. The number of benzene rings is 1. The molecule has 0 N–H and O–H groups in total. The summed E-state index contributed by atoms with van der Waals surface area (Å²) in [5.41, 5.74) is 1.83. The van der Waals surface area contributed by atoms with Crippen molar-refractivity contribution in [2.24, 2.45) is 0 Å². The van der Waals surface area contributed by atoms with Gasteiger partial charge >= 0.3 is 0 Å². The molecule has 0 atom stereocenters. The van der Waals surface area contributed by atoms with Crippen molar-refractivity contribution in [1.29, 1.82) is 5.26 Å². The minimum absolute atomic E-state index is 0.120. The molecule has 0 bridgehead atoms. The maximum atomic E-state index is 12.7. The smallest absolute Gasteiger partial charge is 0.210 e. The number of halogens is 2. The van der Waals surface area contributed by atoms with Gasteiger partial charge in [-0.2, -0.15) is 5.26 Å². The van der Waals surface area contributed by atoms with Crippen LogP contribution in [0.1, 0.15) is 35.1 Å². The summed E-state index contributed by atoms with van der Waals surface area (Å²) in [7, 11) is 0. The number of nitriles is 1. The monoisotopic (exact) mass is 364 g/mol. The maximum Gasteiger partial charge on any atom is 0.210 e. The van der Waals surface area contributed by atoms with E-state index in [9.17, 15) is 4.79 Å². The van der Waals surface area contributed by atoms with Gasteiger partial charge in [-0.25, -0.2) is 0 Å². The van der Waals surface area contributed by atoms with Gasteiger partial charge < -0.3 is 4.57 Å². The van der Waals surface area contributed by atoms with Crippen LogP contribution in [0.15, 0.2) is 34.8 Å². The highest BCUT2D eigenvalue weighted by molar-refractivity contribution is 9.10. The lowest BCUT2D eigenvalue weighted by molar-refractivity contribution is 0.103. The van der Waals surface area contributed by atoms with Crippen molar-refractivity contribution in [2.75, 3.05) is 0 Å². The molecule has 0 aliphatic carbocycles. The topological polar surface area (TPSA) is 45.8 Å². The molecule has 0 saturated carbocycles. The van der Waals surface area contributed by atoms with E-state index >= 15 is 0 Å². The number of carbonyl (C=O) groups is 1. The zero-order chi connectivity index (χ0) is 15.4. The van der Waals surface area contributed by atoms with Gasteiger partial charge in [-0.05, 0) is 36.8 Å². The molecule has 0 aliphatic heterocycles. The molecule has 0 aliphatic rings. The van der Waals surface area contributed by atoms with Gasteiger partial charge in [0.1, 0.15) is 5.69 Å². The average Bonchev–Trinajstić information content (AvgIpc) is 2.76. The number of hydrogen-bond donors (Lipinski definition) is 0. The van der Waals surface area contributed by atoms with Crippen molar-refractivity contribution in [3.05, 3.63) is 56.8 Å². The minimum atomic E-state index is -0.120. The second-order valence-corrected chi connectivity index (χ2v) is 5.98. The molecule has 108 valence electrons. The van der Waals surface area contributed by atoms with Crippen molar-refractivity contribution >= 4 is 33.3 Å². The first-order chi connectivity index (χ1) is 10.1. The van der Waals surface area contributed by atoms with Crippen LogP contribution in [0.4, 0.5) is 0 Å². The molecule has 2 aromatic rings. The van der Waals surface area contributed by atoms with Crippen molar-refractivity contribution in [1.82, 2.24) is 4.57 Å². The number of nitrogens with zero attached hydrogens (tertiary/aromatic N) is 2. The van der Waals surface area contributed by atoms with Crippen molar-refractivity contribution in [2.45, 2.75) is 26.3 Å². The molecule has 0 saturated heterocycles. The van der Waals surface area contributed by atoms with Crippen molar-refractivity contribution in [3.63, 3.8) is 0 Å². The van der Waals surface area contributed by atoms with Gasteiger partial charge in [0.25, 0.3) is 0 Å². The third-order valence-corrected chi connectivity index (χ3v) is 3.98. The van der Waals surface area contributed by atoms with Gasteiger partial charge in [-0.15, -0.1) is 0 Å². The highest BCUT2D eigenvalue weighted by atomic mass is 79.9. The molecule has 21 heavy (non-hydrogen) atoms. The molecule has 5 heteroatoms. The number of carbonyl (C=O) groups excluding carboxylic acids is 1. The third kappa shape index (κ3) is 3.37. The summed E-state index contributed by atoms with van der Waals surface area (Å²) in [5, 5.41) is 9.31. The van der Waals surface area contributed by atoms with E-state index < -0.39 is 0 Å². The van der Waals surface area contributed by atoms with Crippen LogP contribution < -0.4 is 0 Å². The standard InChI is InChI=1S/C16H14BrClN2O/c1-2-9-20-13(7-8-19)10-14(18)15(20)16(21)11-3-5-12(17)6-4-11/h3-6,10H,2,7,9H2,1H3. The van der Waals surface area contributed by atoms with Gasteiger partial charge in [0, 0.05) is 22.3 Å². The molecule has 0 fully saturated rings. The molecular formula is C16H14BrClN2O.